The minimum Gasteiger partial charge on any atom is -0.465 e. The topological polar surface area (TPSA) is 49.3 Å². The molecule has 0 unspecified atom stereocenters. The van der Waals surface area contributed by atoms with Crippen LogP contribution < -0.4 is 5.32 Å². The molecule has 0 aromatic rings. The summed E-state index contributed by atoms with van der Waals surface area (Å²) >= 11 is 14.9. The zero-order valence-corrected chi connectivity index (χ0v) is 5.76. The maximum atomic E-state index is 9.65. The zero-order valence-electron chi connectivity index (χ0n) is 3.49. The first-order chi connectivity index (χ1) is 3.42. The largest absolute Gasteiger partial charge is 0.465 e. The number of carbonyl (C=O) groups is 1. The van der Waals surface area contributed by atoms with Crippen LogP contribution in [0.15, 0.2) is 0 Å². The lowest BCUT2D eigenvalue weighted by Crippen LogP contribution is -2.32. The monoisotopic (exact) mass is 177 g/mol. The lowest BCUT2D eigenvalue weighted by atomic mass is 11.1. The van der Waals surface area contributed by atoms with Crippen molar-refractivity contribution in [1.82, 2.24) is 5.32 Å². The number of nitrogens with one attached hydrogen (secondary N) is 1. The lowest BCUT2D eigenvalue weighted by molar-refractivity contribution is 0.194. The van der Waals surface area contributed by atoms with Crippen LogP contribution in [-0.2, 0) is 0 Å². The van der Waals surface area contributed by atoms with Gasteiger partial charge in [-0.25, -0.2) is 4.79 Å². The molecule has 0 radical (unpaired) electrons. The van der Waals surface area contributed by atoms with Gasteiger partial charge in [-0.05, 0) is 0 Å². The Bertz CT molecular complexity index is 97.9. The van der Waals surface area contributed by atoms with Gasteiger partial charge >= 0.3 is 6.09 Å². The molecule has 2 N–H and O–H groups in total. The summed E-state index contributed by atoms with van der Waals surface area (Å²) in [7, 11) is 0. The van der Waals surface area contributed by atoms with Crippen molar-refractivity contribution in [3.05, 3.63) is 0 Å². The molecule has 6 heteroatoms. The average molecular weight is 178 g/mol. The van der Waals surface area contributed by atoms with E-state index in [4.69, 9.17) is 39.9 Å². The average Bonchev–Trinajstić information content (AvgIpc) is 1.21. The molecule has 0 aliphatic rings. The Morgan fingerprint density at radius 2 is 1.88 bits per heavy atom. The lowest BCUT2D eigenvalue weighted by Gasteiger charge is -2.07. The van der Waals surface area contributed by atoms with Crippen molar-refractivity contribution < 1.29 is 9.90 Å². The number of hydrogen-bond acceptors (Lipinski definition) is 1. The van der Waals surface area contributed by atoms with E-state index in [2.05, 4.69) is 0 Å². The van der Waals surface area contributed by atoms with Crippen molar-refractivity contribution >= 4 is 40.9 Å². The number of alkyl halides is 3. The van der Waals surface area contributed by atoms with E-state index < -0.39 is 10.0 Å². The number of rotatable bonds is 0. The predicted molar refractivity (Wildman–Crippen MR) is 31.5 cm³/mol. The second-order valence-corrected chi connectivity index (χ2v) is 3.21. The molecule has 0 fully saturated rings. The van der Waals surface area contributed by atoms with Crippen LogP contribution in [0.3, 0.4) is 0 Å². The molecule has 0 aliphatic heterocycles. The fraction of sp³-hybridized carbons (Fsp3) is 0.500. The second-order valence-electron chi connectivity index (χ2n) is 0.928. The number of hydrogen-bond donors (Lipinski definition) is 2. The van der Waals surface area contributed by atoms with Gasteiger partial charge in [0.15, 0.2) is 0 Å². The van der Waals surface area contributed by atoms with Gasteiger partial charge in [-0.15, -0.1) is 0 Å². The van der Waals surface area contributed by atoms with E-state index in [1.54, 1.807) is 5.32 Å². The van der Waals surface area contributed by atoms with Gasteiger partial charge in [-0.3, -0.25) is 5.32 Å². The van der Waals surface area contributed by atoms with Crippen molar-refractivity contribution in [3.8, 4) is 0 Å². The molecule has 1 amide bonds. The molecule has 8 heavy (non-hydrogen) atoms. The Morgan fingerprint density at radius 3 is 1.88 bits per heavy atom. The van der Waals surface area contributed by atoms with Gasteiger partial charge in [0.05, 0.1) is 0 Å². The minimum atomic E-state index is -1.91. The zero-order chi connectivity index (χ0) is 6.78. The molecule has 0 spiro atoms. The van der Waals surface area contributed by atoms with E-state index in [9.17, 15) is 4.79 Å². The quantitative estimate of drug-likeness (QED) is 0.437. The molecule has 0 saturated heterocycles. The molecular weight excluding hydrogens is 176 g/mol. The first kappa shape index (κ1) is 8.14. The van der Waals surface area contributed by atoms with Crippen molar-refractivity contribution in [2.24, 2.45) is 0 Å². The van der Waals surface area contributed by atoms with E-state index in [1.165, 1.54) is 0 Å². The van der Waals surface area contributed by atoms with Crippen LogP contribution in [-0.4, -0.2) is 15.1 Å². The first-order valence-corrected chi connectivity index (χ1v) is 2.63. The highest BCUT2D eigenvalue weighted by Crippen LogP contribution is 2.21. The van der Waals surface area contributed by atoms with Gasteiger partial charge in [-0.1, -0.05) is 34.8 Å². The smallest absolute Gasteiger partial charge is 0.407 e. The molecular formula is C2H2Cl3NO2. The molecule has 0 saturated carbocycles. The third kappa shape index (κ3) is 6.14. The summed E-state index contributed by atoms with van der Waals surface area (Å²) in [6.45, 7) is 0. The summed E-state index contributed by atoms with van der Waals surface area (Å²) in [4.78, 5) is 9.65. The number of halogens is 3. The fourth-order valence-corrected chi connectivity index (χ4v) is 0.364. The summed E-state index contributed by atoms with van der Waals surface area (Å²) in [5.41, 5.74) is 0. The summed E-state index contributed by atoms with van der Waals surface area (Å²) < 4.78 is -1.91. The van der Waals surface area contributed by atoms with Crippen LogP contribution in [0.5, 0.6) is 0 Å². The van der Waals surface area contributed by atoms with Gasteiger partial charge in [0.2, 0.25) is 0 Å². The summed E-state index contributed by atoms with van der Waals surface area (Å²) in [5, 5.41) is 9.48. The second kappa shape index (κ2) is 2.62. The van der Waals surface area contributed by atoms with Crippen LogP contribution in [0.1, 0.15) is 0 Å². The van der Waals surface area contributed by atoms with Crippen LogP contribution in [0.2, 0.25) is 0 Å². The number of carboxylic acid groups (broad SMARTS) is 1. The molecule has 48 valence electrons. The maximum absolute atomic E-state index is 9.65. The number of amides is 1. The Morgan fingerprint density at radius 1 is 1.50 bits per heavy atom. The molecule has 0 heterocycles. The standard InChI is InChI=1S/C2H2Cl3NO2/c3-2(4,5)6-1(7)8/h6H,(H,7,8). The third-order valence-corrected chi connectivity index (χ3v) is 0.532. The molecule has 0 atom stereocenters. The van der Waals surface area contributed by atoms with Gasteiger partial charge in [0, 0.05) is 0 Å². The molecule has 0 rings (SSSR count). The van der Waals surface area contributed by atoms with Crippen molar-refractivity contribution in [1.29, 1.82) is 0 Å². The summed E-state index contributed by atoms with van der Waals surface area (Å²) in [6.07, 6.45) is -1.37. The summed E-state index contributed by atoms with van der Waals surface area (Å²) in [6, 6.07) is 0. The van der Waals surface area contributed by atoms with E-state index in [0.717, 1.165) is 0 Å². The van der Waals surface area contributed by atoms with E-state index in [0.29, 0.717) is 0 Å². The minimum absolute atomic E-state index is 1.37. The summed E-state index contributed by atoms with van der Waals surface area (Å²) in [5.74, 6) is 0. The normalized spacial score (nSPS) is 10.9. The molecule has 3 nitrogen and oxygen atoms in total. The maximum Gasteiger partial charge on any atom is 0.407 e. The highest BCUT2D eigenvalue weighted by molar-refractivity contribution is 6.67. The Labute approximate surface area is 60.5 Å². The SMILES string of the molecule is O=C(O)NC(Cl)(Cl)Cl. The van der Waals surface area contributed by atoms with Crippen LogP contribution in [0.25, 0.3) is 0 Å². The Balaban J connectivity index is 3.55. The van der Waals surface area contributed by atoms with Crippen LogP contribution in [0, 0.1) is 0 Å². The Kier molecular flexibility index (Phi) is 2.66. The highest BCUT2D eigenvalue weighted by atomic mass is 35.6. The van der Waals surface area contributed by atoms with Crippen molar-refractivity contribution in [2.75, 3.05) is 0 Å². The highest BCUT2D eigenvalue weighted by Gasteiger charge is 2.20. The van der Waals surface area contributed by atoms with Crippen molar-refractivity contribution in [3.63, 3.8) is 0 Å². The predicted octanol–water partition coefficient (Wildman–Crippen LogP) is 1.58. The van der Waals surface area contributed by atoms with Gasteiger partial charge in [-0.2, -0.15) is 0 Å². The van der Waals surface area contributed by atoms with Crippen LogP contribution in [0.4, 0.5) is 4.79 Å². The van der Waals surface area contributed by atoms with E-state index in [1.807, 2.05) is 0 Å². The van der Waals surface area contributed by atoms with Gasteiger partial charge in [0.25, 0.3) is 3.92 Å². The van der Waals surface area contributed by atoms with Crippen LogP contribution >= 0.6 is 34.8 Å². The first-order valence-electron chi connectivity index (χ1n) is 1.49. The molecule has 0 bridgehead atoms. The van der Waals surface area contributed by atoms with Crippen molar-refractivity contribution in [2.45, 2.75) is 3.92 Å². The molecule has 0 aromatic carbocycles. The third-order valence-electron chi connectivity index (χ3n) is 0.249. The van der Waals surface area contributed by atoms with Gasteiger partial charge < -0.3 is 5.11 Å². The van der Waals surface area contributed by atoms with E-state index in [-0.39, 0.29) is 0 Å². The fourth-order valence-electron chi connectivity index (χ4n) is 0.121. The molecule has 0 aromatic heterocycles. The van der Waals surface area contributed by atoms with E-state index >= 15 is 0 Å². The Hall–Kier alpha value is 0.140. The molecule has 0 aliphatic carbocycles. The van der Waals surface area contributed by atoms with Gasteiger partial charge in [0.1, 0.15) is 0 Å².